The zero-order valence-corrected chi connectivity index (χ0v) is 13.1. The molecule has 1 aliphatic rings. The van der Waals surface area contributed by atoms with Crippen molar-refractivity contribution in [3.05, 3.63) is 35.1 Å². The highest BCUT2D eigenvalue weighted by atomic mass is 16.5. The van der Waals surface area contributed by atoms with Gasteiger partial charge in [-0.1, -0.05) is 19.9 Å². The monoisotopic (exact) mass is 297 g/mol. The first-order chi connectivity index (χ1) is 10.5. The van der Waals surface area contributed by atoms with Crippen LogP contribution in [0, 0.1) is 17.2 Å². The highest BCUT2D eigenvalue weighted by molar-refractivity contribution is 5.82. The van der Waals surface area contributed by atoms with Gasteiger partial charge in [0.1, 0.15) is 11.7 Å². The summed E-state index contributed by atoms with van der Waals surface area (Å²) in [5.74, 6) is 1.27. The quantitative estimate of drug-likeness (QED) is 0.791. The molecule has 1 fully saturated rings. The molecule has 3 atom stereocenters. The summed E-state index contributed by atoms with van der Waals surface area (Å²) in [6.07, 6.45) is 1.11. The number of aryl methyl sites for hydroxylation is 1. The average molecular weight is 297 g/mol. The van der Waals surface area contributed by atoms with Crippen LogP contribution in [0.5, 0.6) is 0 Å². The minimum Gasteiger partial charge on any atom is -0.456 e. The highest BCUT2D eigenvalue weighted by Gasteiger charge is 2.34. The number of carbonyl (C=O) groups excluding carboxylic acids is 1. The molecule has 0 aliphatic heterocycles. The van der Waals surface area contributed by atoms with E-state index in [4.69, 9.17) is 9.15 Å². The Morgan fingerprint density at radius 1 is 1.50 bits per heavy atom. The van der Waals surface area contributed by atoms with Gasteiger partial charge in [0, 0.05) is 12.3 Å². The summed E-state index contributed by atoms with van der Waals surface area (Å²) in [4.78, 5) is 11.1. The number of nitrogens with zero attached hydrogens (tertiary/aromatic N) is 1. The van der Waals surface area contributed by atoms with Crippen molar-refractivity contribution >= 4 is 16.9 Å². The van der Waals surface area contributed by atoms with E-state index in [9.17, 15) is 10.1 Å². The van der Waals surface area contributed by atoms with Gasteiger partial charge in [-0.2, -0.15) is 5.26 Å². The topological polar surface area (TPSA) is 63.2 Å². The van der Waals surface area contributed by atoms with Crippen molar-refractivity contribution < 1.29 is 13.9 Å². The lowest BCUT2D eigenvalue weighted by molar-refractivity contribution is -0.144. The SMILES string of the molecule is CCc1cc([C@H]2CC2C)cc2cc([C@H](C#N)OC(C)=O)oc12. The number of benzene rings is 1. The van der Waals surface area contributed by atoms with Crippen molar-refractivity contribution in [3.8, 4) is 6.07 Å². The molecular formula is C18H19NO3. The van der Waals surface area contributed by atoms with Crippen LogP contribution in [0.2, 0.25) is 0 Å². The molecule has 0 amide bonds. The molecule has 2 aromatic rings. The third kappa shape index (κ3) is 2.59. The average Bonchev–Trinajstić information content (AvgIpc) is 3.07. The van der Waals surface area contributed by atoms with Crippen LogP contribution < -0.4 is 0 Å². The molecule has 114 valence electrons. The molecule has 1 unspecified atom stereocenters. The molecule has 1 aromatic heterocycles. The highest BCUT2D eigenvalue weighted by Crippen LogP contribution is 2.48. The second kappa shape index (κ2) is 5.49. The van der Waals surface area contributed by atoms with E-state index in [-0.39, 0.29) is 0 Å². The van der Waals surface area contributed by atoms with Crippen molar-refractivity contribution in [3.63, 3.8) is 0 Å². The molecule has 4 nitrogen and oxygen atoms in total. The molecule has 1 heterocycles. The summed E-state index contributed by atoms with van der Waals surface area (Å²) in [6, 6.07) is 8.13. The van der Waals surface area contributed by atoms with Crippen molar-refractivity contribution in [1.82, 2.24) is 0 Å². The van der Waals surface area contributed by atoms with Crippen LogP contribution in [-0.2, 0) is 16.0 Å². The molecule has 3 rings (SSSR count). The van der Waals surface area contributed by atoms with Gasteiger partial charge < -0.3 is 9.15 Å². The standard InChI is InChI=1S/C18H19NO3/c1-4-12-6-13(15-5-10(15)2)7-14-8-16(22-18(12)14)17(9-19)21-11(3)20/h6-8,10,15,17H,4-5H2,1-3H3/t10?,15-,17-/m0/s1. The van der Waals surface area contributed by atoms with E-state index in [0.29, 0.717) is 11.7 Å². The lowest BCUT2D eigenvalue weighted by Crippen LogP contribution is -2.05. The molecule has 0 saturated heterocycles. The summed E-state index contributed by atoms with van der Waals surface area (Å²) in [5, 5.41) is 10.2. The Bertz CT molecular complexity index is 768. The van der Waals surface area contributed by atoms with Gasteiger partial charge in [0.2, 0.25) is 6.10 Å². The van der Waals surface area contributed by atoms with Gasteiger partial charge in [0.15, 0.2) is 5.76 Å². The van der Waals surface area contributed by atoms with E-state index in [1.54, 1.807) is 0 Å². The molecule has 0 spiro atoms. The second-order valence-corrected chi connectivity index (χ2v) is 6.04. The number of nitriles is 1. The summed E-state index contributed by atoms with van der Waals surface area (Å²) in [6.45, 7) is 5.63. The summed E-state index contributed by atoms with van der Waals surface area (Å²) >= 11 is 0. The van der Waals surface area contributed by atoms with Gasteiger partial charge in [0.05, 0.1) is 0 Å². The van der Waals surface area contributed by atoms with Crippen LogP contribution in [0.4, 0.5) is 0 Å². The van der Waals surface area contributed by atoms with Gasteiger partial charge >= 0.3 is 5.97 Å². The Morgan fingerprint density at radius 3 is 2.77 bits per heavy atom. The number of esters is 1. The molecular weight excluding hydrogens is 278 g/mol. The first-order valence-corrected chi connectivity index (χ1v) is 7.66. The number of hydrogen-bond acceptors (Lipinski definition) is 4. The Labute approximate surface area is 129 Å². The van der Waals surface area contributed by atoms with Crippen LogP contribution in [0.1, 0.15) is 56.1 Å². The normalized spacial score (nSPS) is 21.4. The lowest BCUT2D eigenvalue weighted by Gasteiger charge is -2.05. The summed E-state index contributed by atoms with van der Waals surface area (Å²) in [5.41, 5.74) is 3.27. The number of ether oxygens (including phenoxy) is 1. The van der Waals surface area contributed by atoms with E-state index in [1.165, 1.54) is 18.9 Å². The Kier molecular flexibility index (Phi) is 3.66. The zero-order valence-electron chi connectivity index (χ0n) is 13.1. The molecule has 1 aromatic carbocycles. The maximum Gasteiger partial charge on any atom is 0.304 e. The van der Waals surface area contributed by atoms with Gasteiger partial charge in [-0.25, -0.2) is 0 Å². The van der Waals surface area contributed by atoms with Crippen molar-refractivity contribution in [2.24, 2.45) is 5.92 Å². The third-order valence-corrected chi connectivity index (χ3v) is 4.31. The number of furan rings is 1. The third-order valence-electron chi connectivity index (χ3n) is 4.31. The molecule has 1 aliphatic carbocycles. The molecule has 1 saturated carbocycles. The fraction of sp³-hybridized carbons (Fsp3) is 0.444. The number of carbonyl (C=O) groups is 1. The van der Waals surface area contributed by atoms with E-state index < -0.39 is 12.1 Å². The van der Waals surface area contributed by atoms with E-state index in [2.05, 4.69) is 26.0 Å². The largest absolute Gasteiger partial charge is 0.456 e. The lowest BCUT2D eigenvalue weighted by atomic mass is 10.0. The maximum atomic E-state index is 11.1. The molecule has 4 heteroatoms. The van der Waals surface area contributed by atoms with Crippen LogP contribution in [0.3, 0.4) is 0 Å². The first-order valence-electron chi connectivity index (χ1n) is 7.66. The van der Waals surface area contributed by atoms with E-state index >= 15 is 0 Å². The maximum absolute atomic E-state index is 11.1. The molecule has 0 radical (unpaired) electrons. The summed E-state index contributed by atoms with van der Waals surface area (Å²) in [7, 11) is 0. The summed E-state index contributed by atoms with van der Waals surface area (Å²) < 4.78 is 10.8. The predicted octanol–water partition coefficient (Wildman–Crippen LogP) is 4.25. The number of rotatable bonds is 4. The fourth-order valence-electron chi connectivity index (χ4n) is 2.98. The van der Waals surface area contributed by atoms with Crippen molar-refractivity contribution in [2.75, 3.05) is 0 Å². The molecule has 0 bridgehead atoms. The molecule has 22 heavy (non-hydrogen) atoms. The van der Waals surface area contributed by atoms with Crippen LogP contribution >= 0.6 is 0 Å². The van der Waals surface area contributed by atoms with Crippen molar-refractivity contribution in [1.29, 1.82) is 5.26 Å². The molecule has 0 N–H and O–H groups in total. The minimum absolute atomic E-state index is 0.392. The van der Waals surface area contributed by atoms with Crippen LogP contribution in [-0.4, -0.2) is 5.97 Å². The predicted molar refractivity (Wildman–Crippen MR) is 82.2 cm³/mol. The Balaban J connectivity index is 2.04. The van der Waals surface area contributed by atoms with Gasteiger partial charge in [-0.15, -0.1) is 0 Å². The second-order valence-electron chi connectivity index (χ2n) is 6.04. The smallest absolute Gasteiger partial charge is 0.304 e. The number of fused-ring (bicyclic) bond motifs is 1. The van der Waals surface area contributed by atoms with Gasteiger partial charge in [-0.3, -0.25) is 4.79 Å². The van der Waals surface area contributed by atoms with Crippen LogP contribution in [0.15, 0.2) is 22.6 Å². The fourth-order valence-corrected chi connectivity index (χ4v) is 2.98. The van der Waals surface area contributed by atoms with E-state index in [1.807, 2.05) is 12.1 Å². The minimum atomic E-state index is -0.988. The van der Waals surface area contributed by atoms with E-state index in [0.717, 1.165) is 28.9 Å². The van der Waals surface area contributed by atoms with Crippen LogP contribution in [0.25, 0.3) is 11.0 Å². The van der Waals surface area contributed by atoms with Gasteiger partial charge in [-0.05, 0) is 47.9 Å². The first kappa shape index (κ1) is 14.6. The Hall–Kier alpha value is -2.28. The Morgan fingerprint density at radius 2 is 2.23 bits per heavy atom. The van der Waals surface area contributed by atoms with Gasteiger partial charge in [0.25, 0.3) is 0 Å². The van der Waals surface area contributed by atoms with Crippen molar-refractivity contribution in [2.45, 2.75) is 45.6 Å². The number of hydrogen-bond donors (Lipinski definition) is 0. The zero-order chi connectivity index (χ0) is 15.9.